The smallest absolute Gasteiger partial charge is 0.0663 e. The van der Waals surface area contributed by atoms with Crippen LogP contribution in [-0.4, -0.2) is 6.04 Å². The maximum Gasteiger partial charge on any atom is 0.0663 e. The molecule has 0 amide bonds. The lowest BCUT2D eigenvalue weighted by molar-refractivity contribution is 0.553. The van der Waals surface area contributed by atoms with Crippen molar-refractivity contribution in [3.63, 3.8) is 0 Å². The van der Waals surface area contributed by atoms with Crippen molar-refractivity contribution in [3.05, 3.63) is 22.4 Å². The number of thiophene rings is 1. The molecule has 1 nitrogen and oxygen atoms in total. The lowest BCUT2D eigenvalue weighted by Gasteiger charge is -2.14. The highest BCUT2D eigenvalue weighted by atomic mass is 32.1. The predicted molar refractivity (Wildman–Crippen MR) is 54.2 cm³/mol. The third kappa shape index (κ3) is 2.37. The second-order valence-electron chi connectivity index (χ2n) is 2.79. The summed E-state index contributed by atoms with van der Waals surface area (Å²) in [6.45, 7) is 4.11. The summed E-state index contributed by atoms with van der Waals surface area (Å²) in [5.74, 6) is 2.65. The average molecular weight is 179 g/mol. The average Bonchev–Trinajstić information content (AvgIpc) is 2.56. The van der Waals surface area contributed by atoms with Gasteiger partial charge in [-0.3, -0.25) is 5.32 Å². The third-order valence-electron chi connectivity index (χ3n) is 1.72. The highest BCUT2D eigenvalue weighted by molar-refractivity contribution is 7.10. The van der Waals surface area contributed by atoms with Gasteiger partial charge in [-0.1, -0.05) is 12.0 Å². The van der Waals surface area contributed by atoms with Gasteiger partial charge in [0.1, 0.15) is 0 Å². The van der Waals surface area contributed by atoms with Crippen molar-refractivity contribution in [2.75, 3.05) is 0 Å². The summed E-state index contributed by atoms with van der Waals surface area (Å²) in [5.41, 5.74) is 0. The van der Waals surface area contributed by atoms with Crippen LogP contribution in [0.2, 0.25) is 0 Å². The zero-order valence-electron chi connectivity index (χ0n) is 7.37. The molecular formula is C10H13NS. The molecule has 1 N–H and O–H groups in total. The number of rotatable bonds is 3. The molecule has 12 heavy (non-hydrogen) atoms. The molecule has 1 unspecified atom stereocenters. The highest BCUT2D eigenvalue weighted by Gasteiger charge is 2.07. The quantitative estimate of drug-likeness (QED) is 0.703. The maximum atomic E-state index is 5.26. The van der Waals surface area contributed by atoms with Gasteiger partial charge in [0, 0.05) is 10.9 Å². The van der Waals surface area contributed by atoms with Crippen molar-refractivity contribution in [2.24, 2.45) is 0 Å². The zero-order valence-corrected chi connectivity index (χ0v) is 8.19. The molecule has 2 atom stereocenters. The maximum absolute atomic E-state index is 5.26. The summed E-state index contributed by atoms with van der Waals surface area (Å²) in [6.07, 6.45) is 5.26. The van der Waals surface area contributed by atoms with E-state index in [-0.39, 0.29) is 6.04 Å². The van der Waals surface area contributed by atoms with Gasteiger partial charge in [0.2, 0.25) is 0 Å². The Kier molecular flexibility index (Phi) is 3.33. The lowest BCUT2D eigenvalue weighted by atomic mass is 10.2. The molecule has 0 saturated heterocycles. The lowest BCUT2D eigenvalue weighted by Crippen LogP contribution is -2.26. The van der Waals surface area contributed by atoms with Crippen LogP contribution in [0.1, 0.15) is 24.8 Å². The first-order chi connectivity index (χ1) is 5.74. The summed E-state index contributed by atoms with van der Waals surface area (Å²) in [4.78, 5) is 1.33. The first-order valence-electron chi connectivity index (χ1n) is 3.99. The summed E-state index contributed by atoms with van der Waals surface area (Å²) in [7, 11) is 0. The molecule has 0 aliphatic rings. The summed E-state index contributed by atoms with van der Waals surface area (Å²) in [5, 5.41) is 5.38. The Bertz CT molecular complexity index is 258. The summed E-state index contributed by atoms with van der Waals surface area (Å²) < 4.78 is 0. The van der Waals surface area contributed by atoms with Crippen LogP contribution in [0, 0.1) is 12.3 Å². The fourth-order valence-electron chi connectivity index (χ4n) is 1.04. The molecule has 0 aliphatic carbocycles. The minimum absolute atomic E-state index is 0.141. The van der Waals surface area contributed by atoms with Gasteiger partial charge in [-0.05, 0) is 25.3 Å². The van der Waals surface area contributed by atoms with E-state index in [9.17, 15) is 0 Å². The fraction of sp³-hybridized carbons (Fsp3) is 0.400. The van der Waals surface area contributed by atoms with Crippen LogP contribution in [0.4, 0.5) is 0 Å². The Morgan fingerprint density at radius 1 is 1.58 bits per heavy atom. The van der Waals surface area contributed by atoms with Gasteiger partial charge in [-0.2, -0.15) is 0 Å². The van der Waals surface area contributed by atoms with Crippen LogP contribution in [-0.2, 0) is 0 Å². The highest BCUT2D eigenvalue weighted by Crippen LogP contribution is 2.18. The van der Waals surface area contributed by atoms with Gasteiger partial charge in [0.25, 0.3) is 0 Å². The molecule has 1 aromatic heterocycles. The minimum atomic E-state index is 0.141. The van der Waals surface area contributed by atoms with Gasteiger partial charge < -0.3 is 0 Å². The van der Waals surface area contributed by atoms with Crippen LogP contribution < -0.4 is 5.32 Å². The number of hydrogen-bond donors (Lipinski definition) is 1. The van der Waals surface area contributed by atoms with E-state index in [0.717, 1.165) is 0 Å². The topological polar surface area (TPSA) is 12.0 Å². The Labute approximate surface area is 77.8 Å². The SMILES string of the molecule is C#CC(C)N[C@H](C)c1cccs1. The molecule has 0 aliphatic heterocycles. The number of nitrogens with one attached hydrogen (secondary N) is 1. The van der Waals surface area contributed by atoms with E-state index in [1.165, 1.54) is 4.88 Å². The third-order valence-corrected chi connectivity index (χ3v) is 2.77. The Balaban J connectivity index is 2.51. The molecule has 2 heteroatoms. The van der Waals surface area contributed by atoms with Crippen molar-refractivity contribution in [1.29, 1.82) is 0 Å². The summed E-state index contributed by atoms with van der Waals surface area (Å²) >= 11 is 1.75. The van der Waals surface area contributed by atoms with Crippen molar-refractivity contribution in [3.8, 4) is 12.3 Å². The Morgan fingerprint density at radius 2 is 2.33 bits per heavy atom. The molecule has 1 aromatic rings. The largest absolute Gasteiger partial charge is 0.296 e. The van der Waals surface area contributed by atoms with E-state index in [0.29, 0.717) is 6.04 Å². The van der Waals surface area contributed by atoms with Crippen molar-refractivity contribution in [2.45, 2.75) is 25.9 Å². The van der Waals surface area contributed by atoms with Gasteiger partial charge in [0.05, 0.1) is 6.04 Å². The Morgan fingerprint density at radius 3 is 2.83 bits per heavy atom. The van der Waals surface area contributed by atoms with Crippen molar-refractivity contribution >= 4 is 11.3 Å². The van der Waals surface area contributed by atoms with E-state index in [4.69, 9.17) is 6.42 Å². The standard InChI is InChI=1S/C10H13NS/c1-4-8(2)11-9(3)10-6-5-7-12-10/h1,5-9,11H,2-3H3/t8?,9-/m1/s1. The van der Waals surface area contributed by atoms with E-state index >= 15 is 0 Å². The fourth-order valence-corrected chi connectivity index (χ4v) is 1.79. The van der Waals surface area contributed by atoms with Crippen LogP contribution in [0.25, 0.3) is 0 Å². The number of terminal acetylenes is 1. The first kappa shape index (κ1) is 9.31. The van der Waals surface area contributed by atoms with Gasteiger partial charge in [-0.15, -0.1) is 17.8 Å². The molecule has 1 heterocycles. The minimum Gasteiger partial charge on any atom is -0.296 e. The summed E-state index contributed by atoms with van der Waals surface area (Å²) in [6, 6.07) is 4.67. The van der Waals surface area contributed by atoms with Crippen molar-refractivity contribution < 1.29 is 0 Å². The monoisotopic (exact) mass is 179 g/mol. The van der Waals surface area contributed by atoms with Crippen LogP contribution in [0.5, 0.6) is 0 Å². The second kappa shape index (κ2) is 4.30. The molecule has 0 radical (unpaired) electrons. The molecule has 1 rings (SSSR count). The van der Waals surface area contributed by atoms with Crippen LogP contribution in [0.3, 0.4) is 0 Å². The first-order valence-corrected chi connectivity index (χ1v) is 4.87. The van der Waals surface area contributed by atoms with Crippen LogP contribution in [0.15, 0.2) is 17.5 Å². The second-order valence-corrected chi connectivity index (χ2v) is 3.77. The molecule has 0 spiro atoms. The van der Waals surface area contributed by atoms with E-state index in [2.05, 4.69) is 35.7 Å². The van der Waals surface area contributed by atoms with Gasteiger partial charge in [-0.25, -0.2) is 0 Å². The van der Waals surface area contributed by atoms with Crippen LogP contribution >= 0.6 is 11.3 Å². The van der Waals surface area contributed by atoms with Crippen molar-refractivity contribution in [1.82, 2.24) is 5.32 Å². The normalized spacial score (nSPS) is 15.1. The molecule has 0 bridgehead atoms. The predicted octanol–water partition coefficient (Wildman–Crippen LogP) is 2.42. The van der Waals surface area contributed by atoms with E-state index in [1.54, 1.807) is 11.3 Å². The van der Waals surface area contributed by atoms with E-state index < -0.39 is 0 Å². The molecule has 0 aromatic carbocycles. The van der Waals surface area contributed by atoms with Gasteiger partial charge >= 0.3 is 0 Å². The zero-order chi connectivity index (χ0) is 8.97. The number of hydrogen-bond acceptors (Lipinski definition) is 2. The van der Waals surface area contributed by atoms with Gasteiger partial charge in [0.15, 0.2) is 0 Å². The molecule has 0 saturated carbocycles. The molecular weight excluding hydrogens is 166 g/mol. The molecule has 64 valence electrons. The van der Waals surface area contributed by atoms with E-state index in [1.807, 2.05) is 6.92 Å². The molecule has 0 fully saturated rings. The Hall–Kier alpha value is -0.780.